The van der Waals surface area contributed by atoms with Crippen molar-refractivity contribution in [2.24, 2.45) is 5.18 Å². The third kappa shape index (κ3) is 7.01. The number of nitrogens with two attached hydrogens (primary N) is 1. The summed E-state index contributed by atoms with van der Waals surface area (Å²) < 4.78 is 5.27. The fourth-order valence-corrected chi connectivity index (χ4v) is 3.34. The highest BCUT2D eigenvalue weighted by Gasteiger charge is 2.15. The van der Waals surface area contributed by atoms with Gasteiger partial charge < -0.3 is 15.8 Å². The monoisotopic (exact) mass is 455 g/mol. The number of carbonyl (C=O) groups is 1. The number of anilines is 1. The summed E-state index contributed by atoms with van der Waals surface area (Å²) in [6.45, 7) is 0.0293. The predicted octanol–water partition coefficient (Wildman–Crippen LogP) is 2.69. The molecule has 29 heavy (non-hydrogen) atoms. The van der Waals surface area contributed by atoms with Crippen molar-refractivity contribution in [1.29, 1.82) is 5.26 Å². The van der Waals surface area contributed by atoms with Gasteiger partial charge in [0, 0.05) is 24.3 Å². The van der Waals surface area contributed by atoms with Gasteiger partial charge in [0.15, 0.2) is 17.6 Å². The number of hydrogen-bond donors (Lipinski definition) is 2. The molecular formula is C16H15Cl2N7O3S. The number of halogens is 2. The third-order valence-electron chi connectivity index (χ3n) is 3.27. The molecule has 0 spiro atoms. The molecule has 0 atom stereocenters. The maximum Gasteiger partial charge on any atom is 0.224 e. The summed E-state index contributed by atoms with van der Waals surface area (Å²) in [6, 6.07) is 4.82. The van der Waals surface area contributed by atoms with Gasteiger partial charge in [0.2, 0.25) is 11.9 Å². The highest BCUT2D eigenvalue weighted by Crippen LogP contribution is 2.36. The van der Waals surface area contributed by atoms with Crippen molar-refractivity contribution >= 4 is 46.8 Å². The summed E-state index contributed by atoms with van der Waals surface area (Å²) in [5, 5.41) is 14.7. The van der Waals surface area contributed by atoms with Crippen LogP contribution in [0.2, 0.25) is 10.0 Å². The molecular weight excluding hydrogens is 441 g/mol. The van der Waals surface area contributed by atoms with Gasteiger partial charge in [-0.2, -0.15) is 20.1 Å². The summed E-state index contributed by atoms with van der Waals surface area (Å²) in [5.74, 6) is 0.592. The van der Waals surface area contributed by atoms with Crippen LogP contribution in [-0.2, 0) is 4.79 Å². The number of ether oxygens (including phenoxy) is 1. The third-order valence-corrected chi connectivity index (χ3v) is 4.73. The maximum absolute atomic E-state index is 11.7. The van der Waals surface area contributed by atoms with Crippen molar-refractivity contribution in [1.82, 2.24) is 20.3 Å². The Balaban J connectivity index is 2.13. The van der Waals surface area contributed by atoms with Gasteiger partial charge in [0.1, 0.15) is 11.8 Å². The normalized spacial score (nSPS) is 10.2. The smallest absolute Gasteiger partial charge is 0.224 e. The number of nitriles is 1. The van der Waals surface area contributed by atoms with Gasteiger partial charge in [-0.15, -0.1) is 0 Å². The molecule has 0 aliphatic carbocycles. The fraction of sp³-hybridized carbons (Fsp3) is 0.312. The van der Waals surface area contributed by atoms with Crippen LogP contribution in [0.1, 0.15) is 6.42 Å². The highest BCUT2D eigenvalue weighted by atomic mass is 35.5. The topological polar surface area (TPSA) is 156 Å². The number of benzene rings is 1. The molecule has 1 amide bonds. The van der Waals surface area contributed by atoms with Gasteiger partial charge in [-0.05, 0) is 12.1 Å². The van der Waals surface area contributed by atoms with Gasteiger partial charge in [-0.3, -0.25) is 4.79 Å². The molecule has 0 aliphatic rings. The predicted molar refractivity (Wildman–Crippen MR) is 110 cm³/mol. The zero-order chi connectivity index (χ0) is 21.2. The van der Waals surface area contributed by atoms with Crippen molar-refractivity contribution in [3.8, 4) is 23.2 Å². The first-order chi connectivity index (χ1) is 13.9. The van der Waals surface area contributed by atoms with E-state index in [4.69, 9.17) is 38.9 Å². The Labute approximate surface area is 180 Å². The van der Waals surface area contributed by atoms with Crippen LogP contribution in [0.4, 0.5) is 5.95 Å². The highest BCUT2D eigenvalue weighted by molar-refractivity contribution is 7.99. The molecule has 0 saturated carbocycles. The quantitative estimate of drug-likeness (QED) is 0.312. The molecule has 0 unspecified atom stereocenters. The van der Waals surface area contributed by atoms with Crippen LogP contribution in [-0.4, -0.2) is 46.3 Å². The average Bonchev–Trinajstić information content (AvgIpc) is 2.67. The van der Waals surface area contributed by atoms with Crippen LogP contribution in [0.5, 0.6) is 5.75 Å². The fourth-order valence-electron chi connectivity index (χ4n) is 2.04. The lowest BCUT2D eigenvalue weighted by Gasteiger charge is -2.10. The van der Waals surface area contributed by atoms with Gasteiger partial charge in [0.25, 0.3) is 0 Å². The number of carbonyl (C=O) groups excluding carboxylic acids is 1. The van der Waals surface area contributed by atoms with E-state index >= 15 is 0 Å². The lowest BCUT2D eigenvalue weighted by molar-refractivity contribution is -0.120. The Morgan fingerprint density at radius 1 is 1.31 bits per heavy atom. The zero-order valence-electron chi connectivity index (χ0n) is 14.9. The molecule has 1 aromatic heterocycles. The van der Waals surface area contributed by atoms with Gasteiger partial charge in [-0.1, -0.05) is 40.1 Å². The summed E-state index contributed by atoms with van der Waals surface area (Å²) in [5.41, 5.74) is 6.17. The number of hydrogen-bond acceptors (Lipinski definition) is 10. The van der Waals surface area contributed by atoms with Crippen LogP contribution in [0.15, 0.2) is 22.5 Å². The Hall–Kier alpha value is -2.68. The second kappa shape index (κ2) is 11.4. The molecule has 10 nitrogen and oxygen atoms in total. The largest absolute Gasteiger partial charge is 0.477 e. The number of rotatable bonds is 10. The van der Waals surface area contributed by atoms with E-state index in [0.717, 1.165) is 0 Å². The molecule has 3 N–H and O–H groups in total. The van der Waals surface area contributed by atoms with Crippen molar-refractivity contribution in [3.63, 3.8) is 0 Å². The summed E-state index contributed by atoms with van der Waals surface area (Å²) >= 11 is 13.5. The first kappa shape index (κ1) is 22.6. The van der Waals surface area contributed by atoms with Crippen LogP contribution in [0, 0.1) is 16.2 Å². The van der Waals surface area contributed by atoms with Gasteiger partial charge in [0.05, 0.1) is 16.6 Å². The molecule has 0 saturated heterocycles. The zero-order valence-corrected chi connectivity index (χ0v) is 17.2. The van der Waals surface area contributed by atoms with Crippen LogP contribution < -0.4 is 15.8 Å². The minimum absolute atomic E-state index is 0.0220. The Kier molecular flexibility index (Phi) is 8.85. The van der Waals surface area contributed by atoms with E-state index in [1.54, 1.807) is 0 Å². The number of amides is 1. The minimum Gasteiger partial charge on any atom is -0.477 e. The molecule has 0 radical (unpaired) electrons. The molecule has 2 aromatic rings. The number of aromatic nitrogens is 3. The Morgan fingerprint density at radius 3 is 2.83 bits per heavy atom. The molecule has 1 heterocycles. The minimum atomic E-state index is -0.219. The lowest BCUT2D eigenvalue weighted by atomic mass is 10.2. The van der Waals surface area contributed by atoms with Crippen molar-refractivity contribution < 1.29 is 9.53 Å². The Morgan fingerprint density at radius 2 is 2.10 bits per heavy atom. The molecule has 1 aromatic carbocycles. The number of nitrogens with one attached hydrogen (secondary N) is 1. The Bertz CT molecular complexity index is 939. The standard InChI is InChI=1S/C16H15Cl2N7O3S/c17-10-8-11(18)12(28-5-2-19)7-9(10)14-23-15(20)25-16(24-14)29-6-1-13(26)21-3-4-22-27/h7-8H,1,3-6H2,(H,21,26)(H2,20,23,24,25). The van der Waals surface area contributed by atoms with Gasteiger partial charge >= 0.3 is 0 Å². The number of nitroso groups, excluding NO2 is 1. The molecule has 13 heteroatoms. The van der Waals surface area contributed by atoms with E-state index in [1.165, 1.54) is 23.9 Å². The van der Waals surface area contributed by atoms with Crippen molar-refractivity contribution in [2.45, 2.75) is 11.6 Å². The number of nitrogens with zero attached hydrogens (tertiary/aromatic N) is 5. The van der Waals surface area contributed by atoms with Crippen LogP contribution in [0.25, 0.3) is 11.4 Å². The van der Waals surface area contributed by atoms with Crippen molar-refractivity contribution in [3.05, 3.63) is 27.1 Å². The second-order valence-electron chi connectivity index (χ2n) is 5.31. The van der Waals surface area contributed by atoms with E-state index < -0.39 is 0 Å². The van der Waals surface area contributed by atoms with E-state index in [0.29, 0.717) is 16.5 Å². The van der Waals surface area contributed by atoms with E-state index in [-0.39, 0.29) is 59.6 Å². The van der Waals surface area contributed by atoms with Crippen LogP contribution in [0.3, 0.4) is 0 Å². The number of nitrogen functional groups attached to an aromatic ring is 1. The average molecular weight is 456 g/mol. The molecule has 0 fully saturated rings. The first-order valence-electron chi connectivity index (χ1n) is 8.14. The maximum atomic E-state index is 11.7. The second-order valence-corrected chi connectivity index (χ2v) is 7.19. The first-order valence-corrected chi connectivity index (χ1v) is 9.88. The summed E-state index contributed by atoms with van der Waals surface area (Å²) in [6.07, 6.45) is 0.193. The van der Waals surface area contributed by atoms with Crippen LogP contribution >= 0.6 is 35.0 Å². The van der Waals surface area contributed by atoms with E-state index in [1.807, 2.05) is 6.07 Å². The van der Waals surface area contributed by atoms with E-state index in [9.17, 15) is 9.70 Å². The molecule has 0 bridgehead atoms. The molecule has 152 valence electrons. The van der Waals surface area contributed by atoms with Gasteiger partial charge in [-0.25, -0.2) is 4.98 Å². The molecule has 2 rings (SSSR count). The summed E-state index contributed by atoms with van der Waals surface area (Å²) in [4.78, 5) is 34.1. The molecule has 0 aliphatic heterocycles. The van der Waals surface area contributed by atoms with Crippen molar-refractivity contribution in [2.75, 3.05) is 31.2 Å². The SMILES string of the molecule is N#CCOc1cc(-c2nc(N)nc(SCCC(=O)NCCN=O)n2)c(Cl)cc1Cl. The van der Waals surface area contributed by atoms with E-state index in [2.05, 4.69) is 25.4 Å². The lowest BCUT2D eigenvalue weighted by Crippen LogP contribution is -2.26. The number of thioether (sulfide) groups is 1. The summed E-state index contributed by atoms with van der Waals surface area (Å²) in [7, 11) is 0.